The molecule has 0 aliphatic rings. The summed E-state index contributed by atoms with van der Waals surface area (Å²) in [6.07, 6.45) is 1.87. The van der Waals surface area contributed by atoms with Gasteiger partial charge in [0, 0.05) is 24.9 Å². The van der Waals surface area contributed by atoms with Gasteiger partial charge in [0.2, 0.25) is 0 Å². The number of carbonyl (C=O) groups is 1. The topological polar surface area (TPSA) is 94.3 Å². The molecule has 0 spiro atoms. The van der Waals surface area contributed by atoms with Crippen molar-refractivity contribution < 1.29 is 13.9 Å². The van der Waals surface area contributed by atoms with E-state index < -0.39 is 13.6 Å². The molecule has 1 atom stereocenters. The first-order chi connectivity index (χ1) is 9.03. The molecule has 106 valence electrons. The molecule has 1 aromatic rings. The molecule has 19 heavy (non-hydrogen) atoms. The number of rotatable bonds is 8. The van der Waals surface area contributed by atoms with Gasteiger partial charge in [-0.15, -0.1) is 0 Å². The number of carbonyl (C=O) groups excluding carboxylic acids is 1. The van der Waals surface area contributed by atoms with Gasteiger partial charge in [0.15, 0.2) is 0 Å². The van der Waals surface area contributed by atoms with Crippen molar-refractivity contribution >= 4 is 35.2 Å². The molecular weight excluding hydrogens is 305 g/mol. The zero-order valence-electron chi connectivity index (χ0n) is 10.4. The van der Waals surface area contributed by atoms with Crippen LogP contribution in [-0.2, 0) is 13.9 Å². The lowest BCUT2D eigenvalue weighted by Gasteiger charge is -2.13. The monoisotopic (exact) mass is 321 g/mol. The quantitative estimate of drug-likeness (QED) is 0.428. The molecular formula is C10H16N3O3PS2. The van der Waals surface area contributed by atoms with Crippen LogP contribution in [0.15, 0.2) is 29.4 Å². The van der Waals surface area contributed by atoms with E-state index in [1.807, 2.05) is 18.2 Å². The third-order valence-corrected chi connectivity index (χ3v) is 5.23. The van der Waals surface area contributed by atoms with Crippen LogP contribution in [0.25, 0.3) is 0 Å². The van der Waals surface area contributed by atoms with E-state index in [9.17, 15) is 9.36 Å². The summed E-state index contributed by atoms with van der Waals surface area (Å²) < 4.78 is 16.2. The molecule has 0 saturated heterocycles. The van der Waals surface area contributed by atoms with Crippen LogP contribution in [-0.4, -0.2) is 23.3 Å². The number of nitrogens with zero attached hydrogens (tertiary/aromatic N) is 1. The van der Waals surface area contributed by atoms with Crippen LogP contribution in [0.5, 0.6) is 0 Å². The molecule has 1 heterocycles. The maximum absolute atomic E-state index is 11.6. The van der Waals surface area contributed by atoms with E-state index in [4.69, 9.17) is 5.50 Å². The predicted molar refractivity (Wildman–Crippen MR) is 78.7 cm³/mol. The molecule has 1 rings (SSSR count). The second-order valence-electron chi connectivity index (χ2n) is 3.40. The van der Waals surface area contributed by atoms with Crippen molar-refractivity contribution in [3.05, 3.63) is 24.4 Å². The molecule has 9 heteroatoms. The SMILES string of the molecule is CCC(=O)OP(N)(=O)NCCSSc1ccccn1. The third kappa shape index (κ3) is 7.59. The van der Waals surface area contributed by atoms with Gasteiger partial charge in [0.25, 0.3) is 0 Å². The van der Waals surface area contributed by atoms with Crippen LogP contribution in [0.3, 0.4) is 0 Å². The Bertz CT molecular complexity index is 447. The van der Waals surface area contributed by atoms with Gasteiger partial charge in [-0.3, -0.25) is 4.79 Å². The smallest absolute Gasteiger partial charge is 0.389 e. The van der Waals surface area contributed by atoms with Gasteiger partial charge in [0.05, 0.1) is 0 Å². The highest BCUT2D eigenvalue weighted by atomic mass is 33.1. The molecule has 1 unspecified atom stereocenters. The van der Waals surface area contributed by atoms with Crippen molar-refractivity contribution in [3.63, 3.8) is 0 Å². The zero-order chi connectivity index (χ0) is 14.1. The number of nitrogens with one attached hydrogen (secondary N) is 1. The summed E-state index contributed by atoms with van der Waals surface area (Å²) in [5, 5.41) is 3.45. The second kappa shape index (κ2) is 8.60. The van der Waals surface area contributed by atoms with Crippen molar-refractivity contribution in [2.24, 2.45) is 5.50 Å². The minimum absolute atomic E-state index is 0.146. The van der Waals surface area contributed by atoms with E-state index in [1.165, 1.54) is 10.8 Å². The summed E-state index contributed by atoms with van der Waals surface area (Å²) in [5.74, 6) is 0.0837. The normalized spacial score (nSPS) is 13.8. The average Bonchev–Trinajstić information content (AvgIpc) is 2.38. The van der Waals surface area contributed by atoms with Crippen molar-refractivity contribution in [1.29, 1.82) is 0 Å². The van der Waals surface area contributed by atoms with Gasteiger partial charge in [-0.1, -0.05) is 23.8 Å². The van der Waals surface area contributed by atoms with Crippen molar-refractivity contribution in [1.82, 2.24) is 10.1 Å². The number of hydrogen-bond donors (Lipinski definition) is 2. The molecule has 0 saturated carbocycles. The molecule has 0 aromatic carbocycles. The lowest BCUT2D eigenvalue weighted by molar-refractivity contribution is -0.133. The molecule has 0 radical (unpaired) electrons. The van der Waals surface area contributed by atoms with E-state index in [-0.39, 0.29) is 6.42 Å². The average molecular weight is 321 g/mol. The highest BCUT2D eigenvalue weighted by molar-refractivity contribution is 8.76. The van der Waals surface area contributed by atoms with E-state index in [0.29, 0.717) is 12.3 Å². The number of aromatic nitrogens is 1. The molecule has 0 bridgehead atoms. The molecule has 1 aromatic heterocycles. The Morgan fingerprint density at radius 3 is 3.00 bits per heavy atom. The van der Waals surface area contributed by atoms with Gasteiger partial charge in [-0.25, -0.2) is 20.1 Å². The molecule has 0 amide bonds. The largest absolute Gasteiger partial charge is 0.389 e. The Morgan fingerprint density at radius 2 is 2.37 bits per heavy atom. The first-order valence-corrected chi connectivity index (χ1v) is 9.61. The lowest BCUT2D eigenvalue weighted by Crippen LogP contribution is -2.22. The second-order valence-corrected chi connectivity index (χ2v) is 7.52. The van der Waals surface area contributed by atoms with Crippen molar-refractivity contribution in [2.45, 2.75) is 18.4 Å². The standard InChI is InChI=1S/C10H16N3O3PS2/c1-2-10(14)16-17(11,15)13-7-8-18-19-9-5-3-4-6-12-9/h3-6H,2,7-8H2,1H3,(H3,11,13,15). The summed E-state index contributed by atoms with van der Waals surface area (Å²) >= 11 is 0. The molecule has 0 fully saturated rings. The number of pyridine rings is 1. The first-order valence-electron chi connectivity index (χ1n) is 5.60. The fourth-order valence-electron chi connectivity index (χ4n) is 0.990. The molecule has 0 aliphatic heterocycles. The number of nitrogens with two attached hydrogens (primary N) is 1. The maximum atomic E-state index is 11.6. The van der Waals surface area contributed by atoms with Gasteiger partial charge < -0.3 is 4.52 Å². The zero-order valence-corrected chi connectivity index (χ0v) is 13.0. The highest BCUT2D eigenvalue weighted by Crippen LogP contribution is 2.33. The van der Waals surface area contributed by atoms with Gasteiger partial charge in [0.1, 0.15) is 5.03 Å². The fourth-order valence-corrected chi connectivity index (χ4v) is 3.85. The van der Waals surface area contributed by atoms with Gasteiger partial charge in [-0.05, 0) is 22.9 Å². The van der Waals surface area contributed by atoms with Crippen LogP contribution in [0.1, 0.15) is 13.3 Å². The Hall–Kier alpha value is -0.530. The predicted octanol–water partition coefficient (Wildman–Crippen LogP) is 2.43. The highest BCUT2D eigenvalue weighted by Gasteiger charge is 2.19. The van der Waals surface area contributed by atoms with Crippen molar-refractivity contribution in [3.8, 4) is 0 Å². The number of hydrogen-bond acceptors (Lipinski definition) is 6. The summed E-state index contributed by atoms with van der Waals surface area (Å²) in [5.41, 5.74) is 5.36. The minimum atomic E-state index is -3.52. The van der Waals surface area contributed by atoms with E-state index in [0.717, 1.165) is 5.03 Å². The fraction of sp³-hybridized carbons (Fsp3) is 0.400. The minimum Gasteiger partial charge on any atom is -0.389 e. The van der Waals surface area contributed by atoms with Gasteiger partial charge in [-0.2, -0.15) is 0 Å². The Morgan fingerprint density at radius 1 is 1.58 bits per heavy atom. The summed E-state index contributed by atoms with van der Waals surface area (Å²) in [6, 6.07) is 5.66. The summed E-state index contributed by atoms with van der Waals surface area (Å²) in [6.45, 7) is 2.00. The van der Waals surface area contributed by atoms with E-state index in [2.05, 4.69) is 14.6 Å². The molecule has 0 aliphatic carbocycles. The first kappa shape index (κ1) is 16.5. The van der Waals surface area contributed by atoms with Crippen LogP contribution in [0, 0.1) is 0 Å². The van der Waals surface area contributed by atoms with E-state index >= 15 is 0 Å². The van der Waals surface area contributed by atoms with Crippen LogP contribution in [0.2, 0.25) is 0 Å². The van der Waals surface area contributed by atoms with Crippen molar-refractivity contribution in [2.75, 3.05) is 12.3 Å². The molecule has 3 N–H and O–H groups in total. The third-order valence-electron chi connectivity index (χ3n) is 1.83. The Labute approximate surface area is 120 Å². The van der Waals surface area contributed by atoms with Crippen LogP contribution >= 0.6 is 29.3 Å². The van der Waals surface area contributed by atoms with Crippen LogP contribution in [0.4, 0.5) is 0 Å². The molecule has 6 nitrogen and oxygen atoms in total. The Kier molecular flexibility index (Phi) is 7.48. The van der Waals surface area contributed by atoms with E-state index in [1.54, 1.807) is 23.9 Å². The summed E-state index contributed by atoms with van der Waals surface area (Å²) in [4.78, 5) is 15.1. The Balaban J connectivity index is 2.17. The van der Waals surface area contributed by atoms with Gasteiger partial charge >= 0.3 is 13.6 Å². The summed E-state index contributed by atoms with van der Waals surface area (Å²) in [7, 11) is -0.452. The lowest BCUT2D eigenvalue weighted by atomic mass is 10.5. The maximum Gasteiger partial charge on any atom is 0.389 e. The van der Waals surface area contributed by atoms with Crippen LogP contribution < -0.4 is 10.6 Å².